The van der Waals surface area contributed by atoms with E-state index >= 15 is 0 Å². The second kappa shape index (κ2) is 3.41. The van der Waals surface area contributed by atoms with E-state index in [-0.39, 0.29) is 0 Å². The number of hydrogen-bond acceptors (Lipinski definition) is 5. The van der Waals surface area contributed by atoms with E-state index in [1.165, 1.54) is 0 Å². The minimum atomic E-state index is -2.82. The third-order valence-electron chi connectivity index (χ3n) is 1.32. The maximum absolute atomic E-state index is 10.4. The predicted molar refractivity (Wildman–Crippen MR) is 43.6 cm³/mol. The van der Waals surface area contributed by atoms with Crippen LogP contribution in [0.1, 0.15) is 0 Å². The number of benzene rings is 1. The summed E-state index contributed by atoms with van der Waals surface area (Å²) in [5, 5.41) is 26.5. The van der Waals surface area contributed by atoms with Crippen LogP contribution in [-0.4, -0.2) is 24.1 Å². The van der Waals surface area contributed by atoms with E-state index in [4.69, 9.17) is 26.9 Å². The van der Waals surface area contributed by atoms with Crippen molar-refractivity contribution < 1.29 is 24.1 Å². The summed E-state index contributed by atoms with van der Waals surface area (Å²) < 4.78 is 20.9. The molecule has 5 nitrogen and oxygen atoms in total. The van der Waals surface area contributed by atoms with Gasteiger partial charge in [0.15, 0.2) is 5.75 Å². The Kier molecular flexibility index (Phi) is 2.65. The summed E-state index contributed by atoms with van der Waals surface area (Å²) in [4.78, 5) is -0.734. The normalized spacial score (nSPS) is 12.8. The van der Waals surface area contributed by atoms with E-state index in [0.717, 1.165) is 6.07 Å². The van der Waals surface area contributed by atoms with Gasteiger partial charge in [-0.05, 0) is 11.1 Å². The quantitative estimate of drug-likeness (QED) is 0.609. The summed E-state index contributed by atoms with van der Waals surface area (Å²) in [6.45, 7) is 0. The van der Waals surface area contributed by atoms with Crippen molar-refractivity contribution in [2.24, 2.45) is 0 Å². The molecular weight excluding hydrogens is 220 g/mol. The molecule has 3 N–H and O–H groups in total. The van der Waals surface area contributed by atoms with Crippen molar-refractivity contribution in [1.82, 2.24) is 0 Å². The Balaban J connectivity index is 3.53. The maximum atomic E-state index is 10.4. The molecule has 1 rings (SSSR count). The molecule has 0 aromatic heterocycles. The molecule has 13 heavy (non-hydrogen) atoms. The zero-order valence-electron chi connectivity index (χ0n) is 6.02. The van der Waals surface area contributed by atoms with Crippen LogP contribution >= 0.6 is 11.6 Å². The molecule has 0 heterocycles. The Morgan fingerprint density at radius 3 is 2.31 bits per heavy atom. The Hall–Kier alpha value is -0.980. The van der Waals surface area contributed by atoms with Gasteiger partial charge in [-0.25, -0.2) is 0 Å². The molecule has 0 radical (unpaired) electrons. The van der Waals surface area contributed by atoms with Crippen LogP contribution in [0.5, 0.6) is 17.2 Å². The summed E-state index contributed by atoms with van der Waals surface area (Å²) in [7, 11) is 0. The first-order valence-corrected chi connectivity index (χ1v) is 4.43. The second-order valence-corrected chi connectivity index (χ2v) is 3.40. The van der Waals surface area contributed by atoms with Gasteiger partial charge in [0.2, 0.25) is 0 Å². The SMILES string of the molecule is O=S([O-])c1c(O)cc(O)c(Cl)c1O. The molecule has 1 aromatic rings. The van der Waals surface area contributed by atoms with Gasteiger partial charge in [0.25, 0.3) is 0 Å². The number of phenolic OH excluding ortho intramolecular Hbond substituents is 3. The van der Waals surface area contributed by atoms with Gasteiger partial charge in [-0.1, -0.05) is 11.6 Å². The first-order chi connectivity index (χ1) is 5.95. The first-order valence-electron chi connectivity index (χ1n) is 2.97. The van der Waals surface area contributed by atoms with Gasteiger partial charge in [0.05, 0.1) is 0 Å². The summed E-state index contributed by atoms with van der Waals surface area (Å²) in [6, 6.07) is 0.729. The molecule has 1 atom stereocenters. The van der Waals surface area contributed by atoms with E-state index in [1.807, 2.05) is 0 Å². The summed E-state index contributed by atoms with van der Waals surface area (Å²) >= 11 is 2.50. The van der Waals surface area contributed by atoms with Crippen LogP contribution in [0.4, 0.5) is 0 Å². The minimum Gasteiger partial charge on any atom is -0.768 e. The molecule has 72 valence electrons. The number of hydrogen-bond donors (Lipinski definition) is 3. The average molecular weight is 224 g/mol. The van der Waals surface area contributed by atoms with Crippen molar-refractivity contribution in [2.75, 3.05) is 0 Å². The lowest BCUT2D eigenvalue weighted by Gasteiger charge is -2.11. The summed E-state index contributed by atoms with van der Waals surface area (Å²) in [6.07, 6.45) is 0. The lowest BCUT2D eigenvalue weighted by Crippen LogP contribution is -1.91. The van der Waals surface area contributed by atoms with E-state index in [9.17, 15) is 8.76 Å². The molecular formula is C6H4ClO5S-. The molecule has 0 spiro atoms. The van der Waals surface area contributed by atoms with Crippen LogP contribution in [0.15, 0.2) is 11.0 Å². The van der Waals surface area contributed by atoms with Crippen LogP contribution in [0.25, 0.3) is 0 Å². The van der Waals surface area contributed by atoms with E-state index < -0.39 is 38.2 Å². The van der Waals surface area contributed by atoms with Crippen LogP contribution in [0.3, 0.4) is 0 Å². The summed E-state index contributed by atoms with van der Waals surface area (Å²) in [5.41, 5.74) is 0. The van der Waals surface area contributed by atoms with Crippen LogP contribution in [-0.2, 0) is 11.1 Å². The largest absolute Gasteiger partial charge is 0.768 e. The maximum Gasteiger partial charge on any atom is 0.156 e. The van der Waals surface area contributed by atoms with Gasteiger partial charge < -0.3 is 19.9 Å². The minimum absolute atomic E-state index is 0.517. The number of halogens is 1. The van der Waals surface area contributed by atoms with Crippen molar-refractivity contribution in [2.45, 2.75) is 4.90 Å². The molecule has 1 aromatic carbocycles. The van der Waals surface area contributed by atoms with Gasteiger partial charge >= 0.3 is 0 Å². The molecule has 0 saturated carbocycles. The molecule has 0 aliphatic carbocycles. The molecule has 0 amide bonds. The highest BCUT2D eigenvalue weighted by molar-refractivity contribution is 7.79. The molecule has 0 fully saturated rings. The van der Waals surface area contributed by atoms with Gasteiger partial charge in [-0.2, -0.15) is 0 Å². The van der Waals surface area contributed by atoms with Gasteiger partial charge in [-0.3, -0.25) is 4.21 Å². The van der Waals surface area contributed by atoms with Crippen molar-refractivity contribution >= 4 is 22.7 Å². The fraction of sp³-hybridized carbons (Fsp3) is 0. The topological polar surface area (TPSA) is 101 Å². The van der Waals surface area contributed by atoms with Crippen LogP contribution in [0.2, 0.25) is 5.02 Å². The molecule has 0 aliphatic heterocycles. The average Bonchev–Trinajstić information content (AvgIpc) is 1.99. The monoisotopic (exact) mass is 223 g/mol. The Bertz CT molecular complexity index is 378. The van der Waals surface area contributed by atoms with Crippen molar-refractivity contribution in [3.05, 3.63) is 11.1 Å². The third kappa shape index (κ3) is 1.69. The lowest BCUT2D eigenvalue weighted by molar-refractivity contribution is 0.405. The van der Waals surface area contributed by atoms with E-state index in [1.54, 1.807) is 0 Å². The molecule has 0 bridgehead atoms. The third-order valence-corrected chi connectivity index (χ3v) is 2.43. The molecule has 0 aliphatic rings. The molecule has 0 saturated heterocycles. The lowest BCUT2D eigenvalue weighted by atomic mass is 10.3. The van der Waals surface area contributed by atoms with Gasteiger partial charge in [-0.15, -0.1) is 0 Å². The van der Waals surface area contributed by atoms with Crippen molar-refractivity contribution in [3.63, 3.8) is 0 Å². The Morgan fingerprint density at radius 1 is 1.31 bits per heavy atom. The number of rotatable bonds is 1. The smallest absolute Gasteiger partial charge is 0.156 e. The van der Waals surface area contributed by atoms with Crippen molar-refractivity contribution in [1.29, 1.82) is 0 Å². The standard InChI is InChI=1S/C6H5ClO5S/c7-4-2(8)1-3(9)6(5(4)10)13(11)12/h1,8-10H,(H,11,12)/p-1. The van der Waals surface area contributed by atoms with Crippen LogP contribution < -0.4 is 0 Å². The molecule has 7 heteroatoms. The Labute approximate surface area is 80.5 Å². The predicted octanol–water partition coefficient (Wildman–Crippen LogP) is 0.695. The highest BCUT2D eigenvalue weighted by Gasteiger charge is 2.15. The highest BCUT2D eigenvalue weighted by Crippen LogP contribution is 2.42. The van der Waals surface area contributed by atoms with E-state index in [0.29, 0.717) is 0 Å². The zero-order chi connectivity index (χ0) is 10.2. The van der Waals surface area contributed by atoms with Gasteiger partial charge in [0.1, 0.15) is 21.4 Å². The highest BCUT2D eigenvalue weighted by atomic mass is 35.5. The fourth-order valence-electron chi connectivity index (χ4n) is 0.765. The zero-order valence-corrected chi connectivity index (χ0v) is 7.59. The van der Waals surface area contributed by atoms with Gasteiger partial charge in [0, 0.05) is 6.07 Å². The number of phenols is 3. The summed E-state index contributed by atoms with van der Waals surface area (Å²) in [5.74, 6) is -2.22. The Morgan fingerprint density at radius 2 is 1.85 bits per heavy atom. The first kappa shape index (κ1) is 10.1. The number of aromatic hydroxyl groups is 3. The van der Waals surface area contributed by atoms with Crippen molar-refractivity contribution in [3.8, 4) is 17.2 Å². The fourth-order valence-corrected chi connectivity index (χ4v) is 1.46. The van der Waals surface area contributed by atoms with E-state index in [2.05, 4.69) is 0 Å². The van der Waals surface area contributed by atoms with Crippen LogP contribution in [0, 0.1) is 0 Å². The molecule has 1 unspecified atom stereocenters. The second-order valence-electron chi connectivity index (χ2n) is 2.14.